The number of carboxylic acids is 1. The lowest BCUT2D eigenvalue weighted by Crippen LogP contribution is -2.43. The van der Waals surface area contributed by atoms with Crippen LogP contribution in [0, 0.1) is 5.92 Å². The van der Waals surface area contributed by atoms with Crippen LogP contribution in [0.15, 0.2) is 0 Å². The second-order valence-corrected chi connectivity index (χ2v) is 3.45. The molecule has 0 aromatic heterocycles. The molecule has 0 aliphatic rings. The monoisotopic (exact) mass is 231 g/mol. The first kappa shape index (κ1) is 14.2. The number of urea groups is 1. The van der Waals surface area contributed by atoms with Crippen molar-refractivity contribution in [3.63, 3.8) is 0 Å². The van der Waals surface area contributed by atoms with Gasteiger partial charge < -0.3 is 20.6 Å². The van der Waals surface area contributed by atoms with Gasteiger partial charge in [-0.05, 0) is 0 Å². The molecule has 0 rings (SSSR count). The molecular weight excluding hydrogens is 214 g/mol. The van der Waals surface area contributed by atoms with E-state index in [-0.39, 0.29) is 18.4 Å². The number of hydrogen-bond donors (Lipinski definition) is 3. The minimum Gasteiger partial charge on any atom is -0.480 e. The fraction of sp³-hybridized carbons (Fsp3) is 0.667. The molecule has 0 saturated heterocycles. The van der Waals surface area contributed by atoms with Crippen LogP contribution in [0.3, 0.4) is 0 Å². The number of carboxylic acid groups (broad SMARTS) is 1. The quantitative estimate of drug-likeness (QED) is 0.570. The Bertz CT molecular complexity index is 280. The number of carbonyl (C=O) groups excluding carboxylic acids is 2. The van der Waals surface area contributed by atoms with Crippen molar-refractivity contribution < 1.29 is 19.5 Å². The first-order valence-corrected chi connectivity index (χ1v) is 4.80. The lowest BCUT2D eigenvalue weighted by molar-refractivity contribution is -0.135. The summed E-state index contributed by atoms with van der Waals surface area (Å²) in [6.07, 6.45) is 0. The van der Waals surface area contributed by atoms with E-state index < -0.39 is 18.5 Å². The van der Waals surface area contributed by atoms with E-state index in [2.05, 4.69) is 10.6 Å². The fourth-order valence-corrected chi connectivity index (χ4v) is 1.11. The SMILES string of the molecule is CNC(=O)C(C)CN(C)C(=O)NCC(=O)O. The summed E-state index contributed by atoms with van der Waals surface area (Å²) in [6, 6.07) is -0.516. The number of amides is 3. The maximum absolute atomic E-state index is 11.3. The standard InChI is InChI=1S/C9H17N3O4/c1-6(8(15)10-2)5-12(3)9(16)11-4-7(13)14/h6H,4-5H2,1-3H3,(H,10,15)(H,11,16)(H,13,14). The lowest BCUT2D eigenvalue weighted by Gasteiger charge is -2.20. The normalized spacial score (nSPS) is 11.4. The van der Waals surface area contributed by atoms with Crippen molar-refractivity contribution in [3.8, 4) is 0 Å². The third kappa shape index (κ3) is 5.18. The third-order valence-electron chi connectivity index (χ3n) is 1.98. The van der Waals surface area contributed by atoms with E-state index in [0.717, 1.165) is 0 Å². The average molecular weight is 231 g/mol. The largest absolute Gasteiger partial charge is 0.480 e. The molecule has 0 fully saturated rings. The van der Waals surface area contributed by atoms with E-state index in [4.69, 9.17) is 5.11 Å². The molecule has 1 unspecified atom stereocenters. The topological polar surface area (TPSA) is 98.7 Å². The minimum absolute atomic E-state index is 0.169. The van der Waals surface area contributed by atoms with Gasteiger partial charge in [-0.3, -0.25) is 9.59 Å². The van der Waals surface area contributed by atoms with Gasteiger partial charge in [-0.1, -0.05) is 6.92 Å². The van der Waals surface area contributed by atoms with Crippen molar-refractivity contribution in [2.45, 2.75) is 6.92 Å². The Kier molecular flexibility index (Phi) is 5.91. The third-order valence-corrected chi connectivity index (χ3v) is 1.98. The van der Waals surface area contributed by atoms with E-state index >= 15 is 0 Å². The number of rotatable bonds is 5. The summed E-state index contributed by atoms with van der Waals surface area (Å²) in [5, 5.41) is 13.0. The van der Waals surface area contributed by atoms with Crippen LogP contribution < -0.4 is 10.6 Å². The average Bonchev–Trinajstić information content (AvgIpc) is 2.24. The van der Waals surface area contributed by atoms with Crippen molar-refractivity contribution in [3.05, 3.63) is 0 Å². The molecule has 0 aromatic rings. The van der Waals surface area contributed by atoms with E-state index in [0.29, 0.717) is 0 Å². The zero-order chi connectivity index (χ0) is 12.7. The highest BCUT2D eigenvalue weighted by Gasteiger charge is 2.17. The molecule has 0 heterocycles. The molecule has 3 N–H and O–H groups in total. The van der Waals surface area contributed by atoms with Gasteiger partial charge in [0.1, 0.15) is 6.54 Å². The van der Waals surface area contributed by atoms with E-state index in [1.165, 1.54) is 19.0 Å². The van der Waals surface area contributed by atoms with Gasteiger partial charge in [0, 0.05) is 20.6 Å². The molecular formula is C9H17N3O4. The van der Waals surface area contributed by atoms with Crippen molar-refractivity contribution in [2.24, 2.45) is 5.92 Å². The van der Waals surface area contributed by atoms with Crippen LogP contribution in [-0.2, 0) is 9.59 Å². The predicted octanol–water partition coefficient (Wildman–Crippen LogP) is -0.905. The lowest BCUT2D eigenvalue weighted by atomic mass is 10.1. The summed E-state index contributed by atoms with van der Waals surface area (Å²) in [6.45, 7) is 1.47. The van der Waals surface area contributed by atoms with Crippen LogP contribution >= 0.6 is 0 Å². The van der Waals surface area contributed by atoms with Gasteiger partial charge in [-0.25, -0.2) is 4.79 Å². The van der Waals surface area contributed by atoms with Gasteiger partial charge in [0.25, 0.3) is 0 Å². The Morgan fingerprint density at radius 3 is 2.38 bits per heavy atom. The Hall–Kier alpha value is -1.79. The zero-order valence-corrected chi connectivity index (χ0v) is 9.61. The summed E-state index contributed by atoms with van der Waals surface area (Å²) in [4.78, 5) is 34.0. The predicted molar refractivity (Wildman–Crippen MR) is 56.9 cm³/mol. The van der Waals surface area contributed by atoms with Crippen LogP contribution in [0.4, 0.5) is 4.79 Å². The highest BCUT2D eigenvalue weighted by Crippen LogP contribution is 1.98. The van der Waals surface area contributed by atoms with Gasteiger partial charge in [-0.15, -0.1) is 0 Å². The number of carbonyl (C=O) groups is 3. The van der Waals surface area contributed by atoms with E-state index in [1.54, 1.807) is 6.92 Å². The van der Waals surface area contributed by atoms with Crippen LogP contribution in [0.1, 0.15) is 6.92 Å². The van der Waals surface area contributed by atoms with Crippen LogP contribution in [0.5, 0.6) is 0 Å². The molecule has 7 heteroatoms. The van der Waals surface area contributed by atoms with Crippen molar-refractivity contribution in [1.29, 1.82) is 0 Å². The zero-order valence-electron chi connectivity index (χ0n) is 9.61. The molecule has 1 atom stereocenters. The van der Waals surface area contributed by atoms with Gasteiger partial charge in [0.05, 0.1) is 5.92 Å². The molecule has 0 aliphatic heterocycles. The number of hydrogen-bond acceptors (Lipinski definition) is 3. The molecule has 0 bridgehead atoms. The Balaban J connectivity index is 4.04. The second-order valence-electron chi connectivity index (χ2n) is 3.45. The fourth-order valence-electron chi connectivity index (χ4n) is 1.11. The first-order chi connectivity index (χ1) is 7.38. The highest BCUT2D eigenvalue weighted by molar-refractivity contribution is 5.81. The van der Waals surface area contributed by atoms with Crippen LogP contribution in [0.2, 0.25) is 0 Å². The smallest absolute Gasteiger partial charge is 0.323 e. The molecule has 7 nitrogen and oxygen atoms in total. The molecule has 92 valence electrons. The van der Waals surface area contributed by atoms with Gasteiger partial charge in [-0.2, -0.15) is 0 Å². The number of nitrogens with zero attached hydrogens (tertiary/aromatic N) is 1. The van der Waals surface area contributed by atoms with Gasteiger partial charge in [0.2, 0.25) is 5.91 Å². The number of nitrogens with one attached hydrogen (secondary N) is 2. The summed E-state index contributed by atoms with van der Waals surface area (Å²) in [5.41, 5.74) is 0. The van der Waals surface area contributed by atoms with Crippen molar-refractivity contribution in [1.82, 2.24) is 15.5 Å². The van der Waals surface area contributed by atoms with Crippen molar-refractivity contribution in [2.75, 3.05) is 27.2 Å². The molecule has 0 spiro atoms. The van der Waals surface area contributed by atoms with E-state index in [1.807, 2.05) is 0 Å². The summed E-state index contributed by atoms with van der Waals surface area (Å²) in [5.74, 6) is -1.62. The molecule has 0 aliphatic carbocycles. The van der Waals surface area contributed by atoms with Crippen molar-refractivity contribution >= 4 is 17.9 Å². The van der Waals surface area contributed by atoms with Gasteiger partial charge in [0.15, 0.2) is 0 Å². The van der Waals surface area contributed by atoms with E-state index in [9.17, 15) is 14.4 Å². The maximum atomic E-state index is 11.3. The van der Waals surface area contributed by atoms with Gasteiger partial charge >= 0.3 is 12.0 Å². The Morgan fingerprint density at radius 2 is 1.94 bits per heavy atom. The van der Waals surface area contributed by atoms with Crippen LogP contribution in [-0.4, -0.2) is 55.1 Å². The second kappa shape index (κ2) is 6.65. The highest BCUT2D eigenvalue weighted by atomic mass is 16.4. The molecule has 0 aromatic carbocycles. The van der Waals surface area contributed by atoms with Crippen LogP contribution in [0.25, 0.3) is 0 Å². The Labute approximate surface area is 93.8 Å². The summed E-state index contributed by atoms with van der Waals surface area (Å²) in [7, 11) is 3.01. The molecule has 0 radical (unpaired) electrons. The maximum Gasteiger partial charge on any atom is 0.323 e. The number of aliphatic carboxylic acids is 1. The molecule has 0 saturated carbocycles. The minimum atomic E-state index is -1.11. The molecule has 3 amide bonds. The first-order valence-electron chi connectivity index (χ1n) is 4.80. The molecule has 16 heavy (non-hydrogen) atoms. The summed E-state index contributed by atoms with van der Waals surface area (Å²) >= 11 is 0. The Morgan fingerprint density at radius 1 is 1.38 bits per heavy atom. The summed E-state index contributed by atoms with van der Waals surface area (Å²) < 4.78 is 0.